The predicted octanol–water partition coefficient (Wildman–Crippen LogP) is 2.61. The molecule has 1 aliphatic heterocycles. The number of nitrogens with zero attached hydrogens (tertiary/aromatic N) is 1. The Morgan fingerprint density at radius 1 is 1.14 bits per heavy atom. The Morgan fingerprint density at radius 2 is 1.79 bits per heavy atom. The van der Waals surface area contributed by atoms with E-state index in [0.717, 1.165) is 11.1 Å². The second-order valence-electron chi connectivity index (χ2n) is 6.32. The molecule has 0 aliphatic carbocycles. The third-order valence-corrected chi connectivity index (χ3v) is 5.56. The summed E-state index contributed by atoms with van der Waals surface area (Å²) >= 11 is 6.46. The van der Waals surface area contributed by atoms with Crippen LogP contribution in [0.5, 0.6) is 0 Å². The largest absolute Gasteiger partial charge is 0.394 e. The molecule has 1 aliphatic rings. The molecule has 144 valence electrons. The first-order valence-electron chi connectivity index (χ1n) is 8.81. The molecule has 7 heteroatoms. The number of thioether (sulfide) groups is 1. The van der Waals surface area contributed by atoms with E-state index in [9.17, 15) is 14.7 Å². The van der Waals surface area contributed by atoms with Crippen molar-refractivity contribution in [1.29, 1.82) is 0 Å². The lowest BCUT2D eigenvalue weighted by molar-refractivity contribution is -0.129. The van der Waals surface area contributed by atoms with E-state index in [0.29, 0.717) is 15.6 Å². The van der Waals surface area contributed by atoms with E-state index >= 15 is 0 Å². The zero-order chi connectivity index (χ0) is 19.9. The van der Waals surface area contributed by atoms with Gasteiger partial charge in [0.2, 0.25) is 5.91 Å². The van der Waals surface area contributed by atoms with Crippen LogP contribution in [0.2, 0.25) is 0 Å². The van der Waals surface area contributed by atoms with Crippen molar-refractivity contribution in [2.75, 3.05) is 13.2 Å². The van der Waals surface area contributed by atoms with Crippen LogP contribution in [0, 0.1) is 0 Å². The molecular weight excluding hydrogens is 392 g/mol. The van der Waals surface area contributed by atoms with E-state index in [1.807, 2.05) is 60.7 Å². The molecule has 0 aromatic heterocycles. The van der Waals surface area contributed by atoms with Crippen LogP contribution in [-0.4, -0.2) is 45.3 Å². The molecule has 5 nitrogen and oxygen atoms in total. The number of hydrogen-bond acceptors (Lipinski definition) is 5. The molecule has 0 radical (unpaired) electrons. The van der Waals surface area contributed by atoms with Crippen molar-refractivity contribution in [1.82, 2.24) is 10.2 Å². The highest BCUT2D eigenvalue weighted by Crippen LogP contribution is 2.32. The van der Waals surface area contributed by atoms with Crippen molar-refractivity contribution < 1.29 is 14.7 Å². The van der Waals surface area contributed by atoms with Gasteiger partial charge in [-0.3, -0.25) is 14.5 Å². The summed E-state index contributed by atoms with van der Waals surface area (Å²) in [6.07, 6.45) is 2.28. The van der Waals surface area contributed by atoms with Crippen LogP contribution in [0.25, 0.3) is 6.08 Å². The van der Waals surface area contributed by atoms with Crippen molar-refractivity contribution in [2.24, 2.45) is 0 Å². The Hall–Kier alpha value is -2.48. The van der Waals surface area contributed by atoms with E-state index in [1.54, 1.807) is 6.08 Å². The number of aliphatic hydroxyl groups excluding tert-OH is 1. The Bertz CT molecular complexity index is 885. The highest BCUT2D eigenvalue weighted by Gasteiger charge is 2.33. The summed E-state index contributed by atoms with van der Waals surface area (Å²) in [6.45, 7) is -0.352. The lowest BCUT2D eigenvalue weighted by Crippen LogP contribution is -2.45. The summed E-state index contributed by atoms with van der Waals surface area (Å²) in [4.78, 5) is 26.8. The standard InChI is InChI=1S/C21H20N2O3S2/c24-14-17(11-15-7-3-1-4-8-15)22-19(25)13-23-20(26)18(28-21(23)27)12-16-9-5-2-6-10-16/h1-10,12,17,24H,11,13-14H2,(H,22,25)/b18-12-/t17-/m1/s1. The molecule has 0 unspecified atom stereocenters. The molecule has 28 heavy (non-hydrogen) atoms. The van der Waals surface area contributed by atoms with E-state index in [2.05, 4.69) is 5.32 Å². The SMILES string of the molecule is O=C(CN1C(=O)/C(=C/c2ccccc2)SC1=S)N[C@@H](CO)Cc1ccccc1. The molecule has 1 heterocycles. The lowest BCUT2D eigenvalue weighted by atomic mass is 10.1. The van der Waals surface area contributed by atoms with Gasteiger partial charge in [0.05, 0.1) is 17.6 Å². The van der Waals surface area contributed by atoms with Gasteiger partial charge in [0.25, 0.3) is 5.91 Å². The number of carbonyl (C=O) groups is 2. The zero-order valence-electron chi connectivity index (χ0n) is 15.1. The molecule has 1 fully saturated rings. The van der Waals surface area contributed by atoms with Gasteiger partial charge in [0, 0.05) is 0 Å². The molecule has 2 aromatic rings. The molecule has 3 rings (SSSR count). The van der Waals surface area contributed by atoms with E-state index < -0.39 is 6.04 Å². The monoisotopic (exact) mass is 412 g/mol. The molecule has 2 amide bonds. The number of nitrogens with one attached hydrogen (secondary N) is 1. The fourth-order valence-electron chi connectivity index (χ4n) is 2.81. The minimum absolute atomic E-state index is 0.165. The normalized spacial score (nSPS) is 16.5. The fraction of sp³-hybridized carbons (Fsp3) is 0.190. The van der Waals surface area contributed by atoms with Crippen LogP contribution in [0.15, 0.2) is 65.6 Å². The Kier molecular flexibility index (Phi) is 6.97. The predicted molar refractivity (Wildman–Crippen MR) is 115 cm³/mol. The maximum absolute atomic E-state index is 12.6. The molecule has 0 saturated carbocycles. The topological polar surface area (TPSA) is 69.6 Å². The van der Waals surface area contributed by atoms with Crippen molar-refractivity contribution in [3.8, 4) is 0 Å². The molecule has 2 aromatic carbocycles. The number of amides is 2. The quantitative estimate of drug-likeness (QED) is 0.540. The maximum Gasteiger partial charge on any atom is 0.266 e. The Balaban J connectivity index is 1.61. The molecule has 1 saturated heterocycles. The Labute approximate surface area is 173 Å². The van der Waals surface area contributed by atoms with Crippen LogP contribution >= 0.6 is 24.0 Å². The average Bonchev–Trinajstić information content (AvgIpc) is 2.96. The van der Waals surface area contributed by atoms with Crippen LogP contribution in [0.3, 0.4) is 0 Å². The molecule has 2 N–H and O–H groups in total. The third kappa shape index (κ3) is 5.28. The van der Waals surface area contributed by atoms with Crippen LogP contribution in [-0.2, 0) is 16.0 Å². The number of rotatable bonds is 7. The Morgan fingerprint density at radius 3 is 2.43 bits per heavy atom. The number of thiocarbonyl (C=S) groups is 1. The third-order valence-electron chi connectivity index (χ3n) is 4.18. The molecule has 0 spiro atoms. The molecule has 0 bridgehead atoms. The summed E-state index contributed by atoms with van der Waals surface area (Å²) in [5, 5.41) is 12.3. The van der Waals surface area contributed by atoms with E-state index in [1.165, 1.54) is 16.7 Å². The number of hydrogen-bond donors (Lipinski definition) is 2. The number of benzene rings is 2. The summed E-state index contributed by atoms with van der Waals surface area (Å²) < 4.78 is 0.353. The van der Waals surface area contributed by atoms with Gasteiger partial charge in [-0.2, -0.15) is 0 Å². The molecular formula is C21H20N2O3S2. The van der Waals surface area contributed by atoms with Crippen molar-refractivity contribution >= 4 is 46.2 Å². The first kappa shape index (κ1) is 20.3. The van der Waals surface area contributed by atoms with Crippen molar-refractivity contribution in [3.63, 3.8) is 0 Å². The minimum Gasteiger partial charge on any atom is -0.394 e. The zero-order valence-corrected chi connectivity index (χ0v) is 16.7. The first-order chi connectivity index (χ1) is 13.6. The van der Waals surface area contributed by atoms with Gasteiger partial charge in [0.15, 0.2) is 0 Å². The van der Waals surface area contributed by atoms with Gasteiger partial charge < -0.3 is 10.4 Å². The fourth-order valence-corrected chi connectivity index (χ4v) is 4.07. The summed E-state index contributed by atoms with van der Waals surface area (Å²) in [5.74, 6) is -0.634. The highest BCUT2D eigenvalue weighted by molar-refractivity contribution is 8.26. The van der Waals surface area contributed by atoms with Crippen LogP contribution in [0.4, 0.5) is 0 Å². The first-order valence-corrected chi connectivity index (χ1v) is 10.0. The van der Waals surface area contributed by atoms with Gasteiger partial charge in [-0.1, -0.05) is 84.6 Å². The van der Waals surface area contributed by atoms with Gasteiger partial charge in [-0.25, -0.2) is 0 Å². The minimum atomic E-state index is -0.423. The summed E-state index contributed by atoms with van der Waals surface area (Å²) in [6, 6.07) is 18.7. The molecule has 1 atom stereocenters. The average molecular weight is 413 g/mol. The summed E-state index contributed by atoms with van der Waals surface area (Å²) in [5.41, 5.74) is 1.91. The lowest BCUT2D eigenvalue weighted by Gasteiger charge is -2.19. The van der Waals surface area contributed by atoms with Gasteiger partial charge in [-0.15, -0.1) is 0 Å². The van der Waals surface area contributed by atoms with Gasteiger partial charge in [0.1, 0.15) is 10.9 Å². The number of carbonyl (C=O) groups excluding carboxylic acids is 2. The van der Waals surface area contributed by atoms with Crippen LogP contribution in [0.1, 0.15) is 11.1 Å². The smallest absolute Gasteiger partial charge is 0.266 e. The van der Waals surface area contributed by atoms with E-state index in [4.69, 9.17) is 12.2 Å². The summed E-state index contributed by atoms with van der Waals surface area (Å²) in [7, 11) is 0. The second-order valence-corrected chi connectivity index (χ2v) is 7.99. The van der Waals surface area contributed by atoms with Crippen LogP contribution < -0.4 is 5.32 Å². The van der Waals surface area contributed by atoms with Gasteiger partial charge >= 0.3 is 0 Å². The second kappa shape index (κ2) is 9.64. The number of aliphatic hydroxyl groups is 1. The van der Waals surface area contributed by atoms with E-state index in [-0.39, 0.29) is 25.0 Å². The van der Waals surface area contributed by atoms with Crippen molar-refractivity contribution in [3.05, 3.63) is 76.7 Å². The maximum atomic E-state index is 12.6. The highest BCUT2D eigenvalue weighted by atomic mass is 32.2. The van der Waals surface area contributed by atoms with Gasteiger partial charge in [-0.05, 0) is 23.6 Å². The van der Waals surface area contributed by atoms with Crippen molar-refractivity contribution in [2.45, 2.75) is 12.5 Å².